The average molecular weight is 839 g/mol. The third-order valence-corrected chi connectivity index (χ3v) is 13.6. The molecule has 0 fully saturated rings. The van der Waals surface area contributed by atoms with Gasteiger partial charge in [-0.25, -0.2) is 0 Å². The van der Waals surface area contributed by atoms with Gasteiger partial charge in [0.25, 0.3) is 0 Å². The standard InChI is InChI=1S/C64H42N2/c1-2-13-44(14-3-1)57-39-31-49(55-21-12-22-58-54-18-7-5-16-46(54)29-40-59(55)58)42-64(57)65(51-34-36-52(37-35-51)66-62-23-10-8-19-60(62)61-20-9-11-24-63(61)66)50-32-27-43(28-33-50)47-30-38-56-48(41-47)26-25-45-15-4-6-17-53(45)56/h1-42H. The largest absolute Gasteiger partial charge is 0.310 e. The van der Waals surface area contributed by atoms with Crippen LogP contribution in [-0.4, -0.2) is 4.57 Å². The van der Waals surface area contributed by atoms with Crippen molar-refractivity contribution in [3.05, 3.63) is 255 Å². The monoisotopic (exact) mass is 838 g/mol. The number of nitrogens with zero attached hydrogens (tertiary/aromatic N) is 2. The Labute approximate surface area is 383 Å². The van der Waals surface area contributed by atoms with Gasteiger partial charge in [-0.05, 0) is 132 Å². The minimum atomic E-state index is 1.07. The van der Waals surface area contributed by atoms with Gasteiger partial charge in [-0.15, -0.1) is 0 Å². The number of anilines is 3. The Kier molecular flexibility index (Phi) is 8.89. The van der Waals surface area contributed by atoms with Crippen LogP contribution in [0.3, 0.4) is 0 Å². The third-order valence-electron chi connectivity index (χ3n) is 13.6. The Hall–Kier alpha value is -8.72. The molecule has 0 saturated carbocycles. The molecule has 2 heteroatoms. The molecule has 1 aromatic heterocycles. The van der Waals surface area contributed by atoms with Crippen LogP contribution in [0.15, 0.2) is 255 Å². The van der Waals surface area contributed by atoms with Gasteiger partial charge in [-0.1, -0.05) is 194 Å². The van der Waals surface area contributed by atoms with Crippen molar-refractivity contribution in [1.82, 2.24) is 4.57 Å². The zero-order valence-electron chi connectivity index (χ0n) is 36.1. The molecule has 12 aromatic carbocycles. The first-order chi connectivity index (χ1) is 32.7. The van der Waals surface area contributed by atoms with Crippen molar-refractivity contribution in [2.75, 3.05) is 4.90 Å². The third kappa shape index (κ3) is 6.26. The lowest BCUT2D eigenvalue weighted by Crippen LogP contribution is -2.11. The molecule has 13 rings (SSSR count). The lowest BCUT2D eigenvalue weighted by Gasteiger charge is -2.29. The number of hydrogen-bond acceptors (Lipinski definition) is 1. The van der Waals surface area contributed by atoms with Gasteiger partial charge in [0.15, 0.2) is 0 Å². The Balaban J connectivity index is 0.996. The van der Waals surface area contributed by atoms with Gasteiger partial charge in [-0.2, -0.15) is 0 Å². The fourth-order valence-corrected chi connectivity index (χ4v) is 10.4. The topological polar surface area (TPSA) is 8.17 Å². The van der Waals surface area contributed by atoms with Gasteiger partial charge in [-0.3, -0.25) is 0 Å². The molecule has 0 unspecified atom stereocenters. The summed E-state index contributed by atoms with van der Waals surface area (Å²) in [5.41, 5.74) is 13.8. The summed E-state index contributed by atoms with van der Waals surface area (Å²) >= 11 is 0. The van der Waals surface area contributed by atoms with E-state index in [0.717, 1.165) is 39.4 Å². The zero-order chi connectivity index (χ0) is 43.6. The molecule has 13 aromatic rings. The Bertz CT molecular complexity index is 3920. The number of rotatable bonds is 7. The van der Waals surface area contributed by atoms with E-state index >= 15 is 0 Å². The predicted molar refractivity (Wildman–Crippen MR) is 282 cm³/mol. The van der Waals surface area contributed by atoms with E-state index < -0.39 is 0 Å². The van der Waals surface area contributed by atoms with Gasteiger partial charge in [0, 0.05) is 33.4 Å². The van der Waals surface area contributed by atoms with Crippen LogP contribution >= 0.6 is 0 Å². The van der Waals surface area contributed by atoms with Crippen molar-refractivity contribution >= 4 is 82.0 Å². The predicted octanol–water partition coefficient (Wildman–Crippen LogP) is 17.9. The fraction of sp³-hybridized carbons (Fsp3) is 0. The molecule has 66 heavy (non-hydrogen) atoms. The van der Waals surface area contributed by atoms with Gasteiger partial charge in [0.1, 0.15) is 0 Å². The Morgan fingerprint density at radius 1 is 0.258 bits per heavy atom. The van der Waals surface area contributed by atoms with Crippen LogP contribution in [0.4, 0.5) is 17.1 Å². The Morgan fingerprint density at radius 2 is 0.773 bits per heavy atom. The van der Waals surface area contributed by atoms with Crippen LogP contribution in [0.1, 0.15) is 0 Å². The van der Waals surface area contributed by atoms with Crippen LogP contribution in [0, 0.1) is 0 Å². The summed E-state index contributed by atoms with van der Waals surface area (Å²) in [6.45, 7) is 0. The molecule has 2 nitrogen and oxygen atoms in total. The maximum Gasteiger partial charge on any atom is 0.0546 e. The highest BCUT2D eigenvalue weighted by molar-refractivity contribution is 6.13. The van der Waals surface area contributed by atoms with Crippen LogP contribution in [-0.2, 0) is 0 Å². The summed E-state index contributed by atoms with van der Waals surface area (Å²) in [4.78, 5) is 2.44. The molecule has 308 valence electrons. The average Bonchev–Trinajstić information content (AvgIpc) is 3.73. The molecule has 1 heterocycles. The smallest absolute Gasteiger partial charge is 0.0546 e. The summed E-state index contributed by atoms with van der Waals surface area (Å²) < 4.78 is 2.39. The maximum atomic E-state index is 2.44. The molecule has 0 N–H and O–H groups in total. The highest BCUT2D eigenvalue weighted by Crippen LogP contribution is 2.45. The van der Waals surface area contributed by atoms with E-state index in [4.69, 9.17) is 0 Å². The van der Waals surface area contributed by atoms with Crippen LogP contribution in [0.5, 0.6) is 0 Å². The normalized spacial score (nSPS) is 11.6. The molecule has 0 spiro atoms. The molecule has 0 saturated heterocycles. The molecule has 0 aliphatic carbocycles. The molecular formula is C64H42N2. The first kappa shape index (κ1) is 37.8. The molecule has 0 atom stereocenters. The van der Waals surface area contributed by atoms with Crippen molar-refractivity contribution in [2.45, 2.75) is 0 Å². The Morgan fingerprint density at radius 3 is 1.48 bits per heavy atom. The van der Waals surface area contributed by atoms with Gasteiger partial charge >= 0.3 is 0 Å². The van der Waals surface area contributed by atoms with Crippen molar-refractivity contribution in [3.8, 4) is 39.1 Å². The number of hydrogen-bond donors (Lipinski definition) is 0. The minimum absolute atomic E-state index is 1.07. The van der Waals surface area contributed by atoms with Crippen LogP contribution < -0.4 is 4.90 Å². The molecule has 0 radical (unpaired) electrons. The van der Waals surface area contributed by atoms with Gasteiger partial charge in [0.05, 0.1) is 16.7 Å². The summed E-state index contributed by atoms with van der Waals surface area (Å²) in [5.74, 6) is 0. The molecular weight excluding hydrogens is 797 g/mol. The second-order valence-corrected chi connectivity index (χ2v) is 17.3. The minimum Gasteiger partial charge on any atom is -0.310 e. The highest BCUT2D eigenvalue weighted by Gasteiger charge is 2.21. The van der Waals surface area contributed by atoms with Crippen molar-refractivity contribution < 1.29 is 0 Å². The fourth-order valence-electron chi connectivity index (χ4n) is 10.4. The van der Waals surface area contributed by atoms with E-state index in [1.165, 1.54) is 81.6 Å². The number of aromatic nitrogens is 1. The summed E-state index contributed by atoms with van der Waals surface area (Å²) in [6, 6.07) is 93.4. The van der Waals surface area contributed by atoms with E-state index in [0.29, 0.717) is 0 Å². The number of para-hydroxylation sites is 2. The first-order valence-corrected chi connectivity index (χ1v) is 22.7. The van der Waals surface area contributed by atoms with Crippen molar-refractivity contribution in [3.63, 3.8) is 0 Å². The summed E-state index contributed by atoms with van der Waals surface area (Å²) in [7, 11) is 0. The first-order valence-electron chi connectivity index (χ1n) is 22.7. The quantitative estimate of drug-likeness (QED) is 0.145. The summed E-state index contributed by atoms with van der Waals surface area (Å²) in [6.07, 6.45) is 0. The van der Waals surface area contributed by atoms with Crippen LogP contribution in [0.25, 0.3) is 104 Å². The van der Waals surface area contributed by atoms with E-state index in [1.807, 2.05) is 0 Å². The SMILES string of the molecule is c1ccc(-c2ccc(-c3cccc4c3ccc3ccccc34)cc2N(c2ccc(-c3ccc4c(ccc5ccccc54)c3)cc2)c2ccc(-n3c4ccccc4c4ccccc43)cc2)cc1. The molecule has 0 aliphatic heterocycles. The second kappa shape index (κ2) is 15.5. The lowest BCUT2D eigenvalue weighted by atomic mass is 9.92. The molecule has 0 amide bonds. The maximum absolute atomic E-state index is 2.44. The van der Waals surface area contributed by atoms with Crippen LogP contribution in [0.2, 0.25) is 0 Å². The number of benzene rings is 12. The molecule has 0 aliphatic rings. The highest BCUT2D eigenvalue weighted by atomic mass is 15.1. The van der Waals surface area contributed by atoms with Gasteiger partial charge < -0.3 is 9.47 Å². The zero-order valence-corrected chi connectivity index (χ0v) is 36.1. The molecule has 0 bridgehead atoms. The van der Waals surface area contributed by atoms with Crippen molar-refractivity contribution in [1.29, 1.82) is 0 Å². The van der Waals surface area contributed by atoms with Crippen molar-refractivity contribution in [2.24, 2.45) is 0 Å². The second-order valence-electron chi connectivity index (χ2n) is 17.3. The van der Waals surface area contributed by atoms with E-state index in [1.54, 1.807) is 0 Å². The number of fused-ring (bicyclic) bond motifs is 9. The van der Waals surface area contributed by atoms with E-state index in [2.05, 4.69) is 264 Å². The summed E-state index contributed by atoms with van der Waals surface area (Å²) in [5, 5.41) is 12.6. The van der Waals surface area contributed by atoms with E-state index in [9.17, 15) is 0 Å². The van der Waals surface area contributed by atoms with Gasteiger partial charge in [0.2, 0.25) is 0 Å². The van der Waals surface area contributed by atoms with E-state index in [-0.39, 0.29) is 0 Å². The lowest BCUT2D eigenvalue weighted by molar-refractivity contribution is 1.17.